The van der Waals surface area contributed by atoms with Crippen LogP contribution in [0.2, 0.25) is 0 Å². The Kier molecular flexibility index (Phi) is 6.76. The van der Waals surface area contributed by atoms with Gasteiger partial charge >= 0.3 is 0 Å². The van der Waals surface area contributed by atoms with Crippen LogP contribution >= 0.6 is 0 Å². The molecule has 0 aromatic carbocycles. The Bertz CT molecular complexity index is 192. The maximum atomic E-state index is 4.01. The first-order valence-corrected chi connectivity index (χ1v) is 7.58. The van der Waals surface area contributed by atoms with Gasteiger partial charge in [-0.25, -0.2) is 0 Å². The minimum absolute atomic E-state index is 0.267. The third-order valence-electron chi connectivity index (χ3n) is 5.44. The van der Waals surface area contributed by atoms with Crippen molar-refractivity contribution in [2.24, 2.45) is 11.8 Å². The van der Waals surface area contributed by atoms with Crippen LogP contribution in [0.5, 0.6) is 0 Å². The number of hydrogen-bond donors (Lipinski definition) is 1. The highest BCUT2D eigenvalue weighted by Gasteiger charge is 2.37. The molecule has 1 heteroatoms. The van der Waals surface area contributed by atoms with Crippen LogP contribution in [0.3, 0.4) is 0 Å². The second-order valence-electron chi connectivity index (χ2n) is 6.29. The first-order valence-electron chi connectivity index (χ1n) is 7.58. The van der Waals surface area contributed by atoms with Crippen molar-refractivity contribution in [2.45, 2.75) is 92.2 Å². The van der Waals surface area contributed by atoms with Crippen molar-refractivity contribution >= 4 is 0 Å². The van der Waals surface area contributed by atoms with E-state index in [-0.39, 0.29) is 11.1 Å². The molecule has 0 rings (SSSR count). The largest absolute Gasteiger partial charge is 0.306 e. The fourth-order valence-corrected chi connectivity index (χ4v) is 2.67. The summed E-state index contributed by atoms with van der Waals surface area (Å²) in [6.07, 6.45) is 4.90. The van der Waals surface area contributed by atoms with Crippen LogP contribution in [-0.2, 0) is 0 Å². The molecule has 0 aromatic heterocycles. The van der Waals surface area contributed by atoms with Crippen LogP contribution in [-0.4, -0.2) is 11.1 Å². The summed E-state index contributed by atoms with van der Waals surface area (Å²) < 4.78 is 0. The van der Waals surface area contributed by atoms with Crippen LogP contribution in [0.1, 0.15) is 81.1 Å². The maximum Gasteiger partial charge on any atom is 0.0181 e. The summed E-state index contributed by atoms with van der Waals surface area (Å²) in [4.78, 5) is 0. The van der Waals surface area contributed by atoms with E-state index < -0.39 is 0 Å². The van der Waals surface area contributed by atoms with E-state index in [4.69, 9.17) is 0 Å². The molecule has 0 radical (unpaired) electrons. The minimum Gasteiger partial charge on any atom is -0.306 e. The molecule has 1 nitrogen and oxygen atoms in total. The standard InChI is InChI=1S/C16H35N/c1-9-13(5)15(7,11-3)17-16(8,12-4)14(6)10-2/h13-14,17H,9-12H2,1-8H3. The third kappa shape index (κ3) is 3.98. The molecule has 104 valence electrons. The van der Waals surface area contributed by atoms with E-state index in [0.29, 0.717) is 0 Å². The number of nitrogens with one attached hydrogen (secondary N) is 1. The molecule has 4 unspecified atom stereocenters. The van der Waals surface area contributed by atoms with Crippen molar-refractivity contribution < 1.29 is 0 Å². The van der Waals surface area contributed by atoms with E-state index in [1.165, 1.54) is 25.7 Å². The number of hydrogen-bond acceptors (Lipinski definition) is 1. The van der Waals surface area contributed by atoms with Gasteiger partial charge in [0.2, 0.25) is 0 Å². The molecule has 0 bridgehead atoms. The summed E-state index contributed by atoms with van der Waals surface area (Å²) in [5.74, 6) is 1.45. The van der Waals surface area contributed by atoms with Crippen LogP contribution < -0.4 is 5.32 Å². The van der Waals surface area contributed by atoms with Gasteiger partial charge in [-0.15, -0.1) is 0 Å². The quantitative estimate of drug-likeness (QED) is 0.630. The maximum absolute atomic E-state index is 4.01. The predicted octanol–water partition coefficient (Wildman–Crippen LogP) is 5.01. The molecule has 4 atom stereocenters. The van der Waals surface area contributed by atoms with Crippen molar-refractivity contribution in [3.05, 3.63) is 0 Å². The SMILES string of the molecule is CCC(C)C(C)(CC)NC(C)(CC)C(C)CC. The smallest absolute Gasteiger partial charge is 0.0181 e. The van der Waals surface area contributed by atoms with E-state index in [1.807, 2.05) is 0 Å². The van der Waals surface area contributed by atoms with Gasteiger partial charge in [-0.1, -0.05) is 54.4 Å². The summed E-state index contributed by atoms with van der Waals surface area (Å²) in [6, 6.07) is 0. The summed E-state index contributed by atoms with van der Waals surface area (Å²) in [7, 11) is 0. The molecule has 0 spiro atoms. The zero-order valence-corrected chi connectivity index (χ0v) is 13.5. The Morgan fingerprint density at radius 3 is 1.24 bits per heavy atom. The summed E-state index contributed by atoms with van der Waals surface area (Å²) >= 11 is 0. The molecule has 0 heterocycles. The van der Waals surface area contributed by atoms with E-state index in [9.17, 15) is 0 Å². The normalized spacial score (nSPS) is 22.6. The first kappa shape index (κ1) is 17.0. The van der Waals surface area contributed by atoms with Gasteiger partial charge in [0.05, 0.1) is 0 Å². The van der Waals surface area contributed by atoms with Gasteiger partial charge in [0.25, 0.3) is 0 Å². The van der Waals surface area contributed by atoms with Crippen LogP contribution in [0.25, 0.3) is 0 Å². The van der Waals surface area contributed by atoms with Crippen molar-refractivity contribution in [3.63, 3.8) is 0 Å². The lowest BCUT2D eigenvalue weighted by Gasteiger charge is -2.47. The fraction of sp³-hybridized carbons (Fsp3) is 1.00. The molecular formula is C16H35N. The lowest BCUT2D eigenvalue weighted by molar-refractivity contribution is 0.116. The molecular weight excluding hydrogens is 206 g/mol. The van der Waals surface area contributed by atoms with Crippen molar-refractivity contribution in [1.29, 1.82) is 0 Å². The van der Waals surface area contributed by atoms with Crippen molar-refractivity contribution in [1.82, 2.24) is 5.32 Å². The minimum atomic E-state index is 0.267. The molecule has 0 amide bonds. The number of rotatable bonds is 8. The van der Waals surface area contributed by atoms with Gasteiger partial charge in [-0.2, -0.15) is 0 Å². The monoisotopic (exact) mass is 241 g/mol. The van der Waals surface area contributed by atoms with Gasteiger partial charge in [-0.05, 0) is 38.5 Å². The Morgan fingerprint density at radius 2 is 1.06 bits per heavy atom. The van der Waals surface area contributed by atoms with E-state index in [0.717, 1.165) is 11.8 Å². The highest BCUT2D eigenvalue weighted by Crippen LogP contribution is 2.32. The molecule has 1 N–H and O–H groups in total. The summed E-state index contributed by atoms with van der Waals surface area (Å²) in [6.45, 7) is 18.8. The highest BCUT2D eigenvalue weighted by molar-refractivity contribution is 4.97. The van der Waals surface area contributed by atoms with Crippen LogP contribution in [0, 0.1) is 11.8 Å². The Morgan fingerprint density at radius 1 is 0.765 bits per heavy atom. The second-order valence-corrected chi connectivity index (χ2v) is 6.29. The third-order valence-corrected chi connectivity index (χ3v) is 5.44. The summed E-state index contributed by atoms with van der Waals surface area (Å²) in [5, 5.41) is 4.01. The van der Waals surface area contributed by atoms with Gasteiger partial charge in [0.15, 0.2) is 0 Å². The Hall–Kier alpha value is -0.0400. The zero-order valence-electron chi connectivity index (χ0n) is 13.5. The lowest BCUT2D eigenvalue weighted by atomic mass is 9.76. The molecule has 0 saturated carbocycles. The molecule has 0 aliphatic rings. The fourth-order valence-electron chi connectivity index (χ4n) is 2.67. The van der Waals surface area contributed by atoms with E-state index in [1.54, 1.807) is 0 Å². The van der Waals surface area contributed by atoms with Gasteiger partial charge in [0, 0.05) is 11.1 Å². The Balaban J connectivity index is 4.96. The molecule has 0 saturated heterocycles. The highest BCUT2D eigenvalue weighted by atomic mass is 15.1. The van der Waals surface area contributed by atoms with Gasteiger partial charge < -0.3 is 5.32 Å². The molecule has 0 fully saturated rings. The average molecular weight is 241 g/mol. The summed E-state index contributed by atoms with van der Waals surface area (Å²) in [5.41, 5.74) is 0.534. The van der Waals surface area contributed by atoms with Gasteiger partial charge in [-0.3, -0.25) is 0 Å². The molecule has 0 aliphatic heterocycles. The van der Waals surface area contributed by atoms with Crippen molar-refractivity contribution in [3.8, 4) is 0 Å². The molecule has 17 heavy (non-hydrogen) atoms. The van der Waals surface area contributed by atoms with Crippen molar-refractivity contribution in [2.75, 3.05) is 0 Å². The lowest BCUT2D eigenvalue weighted by Crippen LogP contribution is -2.60. The average Bonchev–Trinajstić information content (AvgIpc) is 2.35. The Labute approximate surface area is 110 Å². The van der Waals surface area contributed by atoms with Crippen LogP contribution in [0.4, 0.5) is 0 Å². The first-order chi connectivity index (χ1) is 7.79. The van der Waals surface area contributed by atoms with Crippen LogP contribution in [0.15, 0.2) is 0 Å². The topological polar surface area (TPSA) is 12.0 Å². The molecule has 0 aliphatic carbocycles. The molecule has 0 aromatic rings. The van der Waals surface area contributed by atoms with E-state index in [2.05, 4.69) is 60.7 Å². The van der Waals surface area contributed by atoms with Gasteiger partial charge in [0.1, 0.15) is 0 Å². The second kappa shape index (κ2) is 6.78. The zero-order chi connectivity index (χ0) is 13.7. The van der Waals surface area contributed by atoms with E-state index >= 15 is 0 Å². The predicted molar refractivity (Wildman–Crippen MR) is 79.4 cm³/mol.